The molecule has 0 radical (unpaired) electrons. The maximum Gasteiger partial charge on any atom is 0.255 e. The molecule has 0 spiro atoms. The maximum absolute atomic E-state index is 12.4. The summed E-state index contributed by atoms with van der Waals surface area (Å²) in [6, 6.07) is 0. The quantitative estimate of drug-likeness (QED) is 0.747. The molecule has 0 aromatic carbocycles. The Morgan fingerprint density at radius 1 is 1.33 bits per heavy atom. The number of aliphatic hydroxyl groups is 1. The summed E-state index contributed by atoms with van der Waals surface area (Å²) in [5.74, 6) is 0.0216. The molecule has 18 heavy (non-hydrogen) atoms. The van der Waals surface area contributed by atoms with E-state index in [1.54, 1.807) is 0 Å². The van der Waals surface area contributed by atoms with Crippen LogP contribution < -0.4 is 5.73 Å². The second kappa shape index (κ2) is 7.63. The molecular formula is C12H22F2N2O2. The number of halogens is 2. The number of hydrogen-bond donors (Lipinski definition) is 2. The first-order valence-corrected chi connectivity index (χ1v) is 6.46. The summed E-state index contributed by atoms with van der Waals surface area (Å²) in [7, 11) is 0. The van der Waals surface area contributed by atoms with E-state index >= 15 is 0 Å². The Balaban J connectivity index is 2.50. The Hall–Kier alpha value is -0.750. The number of rotatable bonds is 6. The number of carbonyl (C=O) groups is 1. The zero-order valence-corrected chi connectivity index (χ0v) is 10.5. The third kappa shape index (κ3) is 4.49. The van der Waals surface area contributed by atoms with Crippen LogP contribution in [0.1, 0.15) is 25.7 Å². The third-order valence-corrected chi connectivity index (χ3v) is 3.57. The van der Waals surface area contributed by atoms with E-state index in [2.05, 4.69) is 0 Å². The second-order valence-electron chi connectivity index (χ2n) is 4.85. The maximum atomic E-state index is 12.4. The zero-order chi connectivity index (χ0) is 13.5. The Morgan fingerprint density at radius 2 is 1.94 bits per heavy atom. The number of nitrogens with two attached hydrogens (primary N) is 1. The molecular weight excluding hydrogens is 242 g/mol. The molecule has 0 aromatic rings. The SMILES string of the molecule is NCC1CCC(C(=O)N(CCO)CC(F)F)CC1. The first-order valence-electron chi connectivity index (χ1n) is 6.46. The van der Waals surface area contributed by atoms with E-state index in [4.69, 9.17) is 10.8 Å². The molecule has 1 fully saturated rings. The zero-order valence-electron chi connectivity index (χ0n) is 10.5. The molecule has 4 nitrogen and oxygen atoms in total. The van der Waals surface area contributed by atoms with Gasteiger partial charge in [-0.25, -0.2) is 8.78 Å². The van der Waals surface area contributed by atoms with Crippen LogP contribution in [0.5, 0.6) is 0 Å². The van der Waals surface area contributed by atoms with Crippen LogP contribution in [0.15, 0.2) is 0 Å². The van der Waals surface area contributed by atoms with Crippen molar-refractivity contribution in [1.29, 1.82) is 0 Å². The van der Waals surface area contributed by atoms with E-state index in [0.717, 1.165) is 17.7 Å². The highest BCUT2D eigenvalue weighted by molar-refractivity contribution is 5.79. The first-order chi connectivity index (χ1) is 8.58. The Bertz CT molecular complexity index is 256. The fraction of sp³-hybridized carbons (Fsp3) is 0.917. The van der Waals surface area contributed by atoms with Gasteiger partial charge in [0.25, 0.3) is 6.43 Å². The van der Waals surface area contributed by atoms with Crippen molar-refractivity contribution >= 4 is 5.91 Å². The van der Waals surface area contributed by atoms with Crippen molar-refractivity contribution < 1.29 is 18.7 Å². The fourth-order valence-electron chi connectivity index (χ4n) is 2.48. The van der Waals surface area contributed by atoms with E-state index < -0.39 is 13.0 Å². The molecule has 1 amide bonds. The van der Waals surface area contributed by atoms with Crippen molar-refractivity contribution in [3.63, 3.8) is 0 Å². The Morgan fingerprint density at radius 3 is 2.39 bits per heavy atom. The van der Waals surface area contributed by atoms with Gasteiger partial charge in [-0.15, -0.1) is 0 Å². The predicted octanol–water partition coefficient (Wildman–Crippen LogP) is 0.838. The number of aliphatic hydroxyl groups excluding tert-OH is 1. The van der Waals surface area contributed by atoms with Gasteiger partial charge in [-0.05, 0) is 38.1 Å². The van der Waals surface area contributed by atoms with Crippen molar-refractivity contribution in [3.8, 4) is 0 Å². The van der Waals surface area contributed by atoms with E-state index in [0.29, 0.717) is 25.3 Å². The number of alkyl halides is 2. The van der Waals surface area contributed by atoms with E-state index in [1.807, 2.05) is 0 Å². The number of amides is 1. The lowest BCUT2D eigenvalue weighted by Gasteiger charge is -2.31. The van der Waals surface area contributed by atoms with Crippen molar-refractivity contribution in [2.45, 2.75) is 32.1 Å². The third-order valence-electron chi connectivity index (χ3n) is 3.57. The molecule has 0 heterocycles. The first kappa shape index (κ1) is 15.3. The Labute approximate surface area is 106 Å². The second-order valence-corrected chi connectivity index (χ2v) is 4.85. The summed E-state index contributed by atoms with van der Waals surface area (Å²) in [6.07, 6.45) is 0.641. The molecule has 1 aliphatic carbocycles. The highest BCUT2D eigenvalue weighted by Crippen LogP contribution is 2.29. The summed E-state index contributed by atoms with van der Waals surface area (Å²) >= 11 is 0. The van der Waals surface area contributed by atoms with Gasteiger partial charge in [-0.1, -0.05) is 0 Å². The average Bonchev–Trinajstić information content (AvgIpc) is 2.37. The molecule has 0 bridgehead atoms. The predicted molar refractivity (Wildman–Crippen MR) is 64.2 cm³/mol. The van der Waals surface area contributed by atoms with Crippen molar-refractivity contribution in [1.82, 2.24) is 4.90 Å². The monoisotopic (exact) mass is 264 g/mol. The molecule has 0 aliphatic heterocycles. The lowest BCUT2D eigenvalue weighted by molar-refractivity contribution is -0.139. The van der Waals surface area contributed by atoms with Crippen molar-refractivity contribution in [2.24, 2.45) is 17.6 Å². The van der Waals surface area contributed by atoms with Gasteiger partial charge < -0.3 is 15.7 Å². The van der Waals surface area contributed by atoms with Gasteiger partial charge in [0.2, 0.25) is 5.91 Å². The highest BCUT2D eigenvalue weighted by Gasteiger charge is 2.29. The van der Waals surface area contributed by atoms with Crippen LogP contribution >= 0.6 is 0 Å². The summed E-state index contributed by atoms with van der Waals surface area (Å²) in [6.45, 7) is -0.259. The minimum Gasteiger partial charge on any atom is -0.395 e. The van der Waals surface area contributed by atoms with Crippen LogP contribution in [0.25, 0.3) is 0 Å². The summed E-state index contributed by atoms with van der Waals surface area (Å²) < 4.78 is 24.7. The smallest absolute Gasteiger partial charge is 0.255 e. The molecule has 1 saturated carbocycles. The minimum absolute atomic E-state index is 0.0139. The normalized spacial score (nSPS) is 24.3. The molecule has 0 saturated heterocycles. The summed E-state index contributed by atoms with van der Waals surface area (Å²) in [5.41, 5.74) is 5.57. The van der Waals surface area contributed by atoms with Crippen LogP contribution in [0.3, 0.4) is 0 Å². The average molecular weight is 264 g/mol. The van der Waals surface area contributed by atoms with Crippen LogP contribution in [-0.4, -0.2) is 48.6 Å². The number of hydrogen-bond acceptors (Lipinski definition) is 3. The molecule has 106 valence electrons. The van der Waals surface area contributed by atoms with Crippen LogP contribution in [0.4, 0.5) is 8.78 Å². The van der Waals surface area contributed by atoms with Gasteiger partial charge >= 0.3 is 0 Å². The van der Waals surface area contributed by atoms with Gasteiger partial charge in [0.1, 0.15) is 0 Å². The minimum atomic E-state index is -2.55. The number of carbonyl (C=O) groups excluding carboxylic acids is 1. The molecule has 0 atom stereocenters. The molecule has 1 rings (SSSR count). The standard InChI is InChI=1S/C12H22F2N2O2/c13-11(14)8-16(5-6-17)12(18)10-3-1-9(7-15)2-4-10/h9-11,17H,1-8,15H2. The largest absolute Gasteiger partial charge is 0.395 e. The lowest BCUT2D eigenvalue weighted by Crippen LogP contribution is -2.42. The van der Waals surface area contributed by atoms with E-state index in [-0.39, 0.29) is 25.0 Å². The summed E-state index contributed by atoms with van der Waals surface area (Å²) in [5, 5.41) is 8.82. The van der Waals surface area contributed by atoms with Crippen molar-refractivity contribution in [3.05, 3.63) is 0 Å². The summed E-state index contributed by atoms with van der Waals surface area (Å²) in [4.78, 5) is 13.2. The molecule has 3 N–H and O–H groups in total. The molecule has 1 aliphatic rings. The van der Waals surface area contributed by atoms with Crippen LogP contribution in [0, 0.1) is 11.8 Å². The fourth-order valence-corrected chi connectivity index (χ4v) is 2.48. The van der Waals surface area contributed by atoms with Crippen LogP contribution in [-0.2, 0) is 4.79 Å². The molecule has 0 aromatic heterocycles. The van der Waals surface area contributed by atoms with Crippen molar-refractivity contribution in [2.75, 3.05) is 26.2 Å². The van der Waals surface area contributed by atoms with Crippen LogP contribution in [0.2, 0.25) is 0 Å². The lowest BCUT2D eigenvalue weighted by atomic mass is 9.81. The highest BCUT2D eigenvalue weighted by atomic mass is 19.3. The Kier molecular flexibility index (Phi) is 6.49. The van der Waals surface area contributed by atoms with Gasteiger partial charge in [0.15, 0.2) is 0 Å². The molecule has 0 unspecified atom stereocenters. The van der Waals surface area contributed by atoms with Gasteiger partial charge in [0, 0.05) is 12.5 Å². The topological polar surface area (TPSA) is 66.6 Å². The van der Waals surface area contributed by atoms with Gasteiger partial charge in [-0.3, -0.25) is 4.79 Å². The van der Waals surface area contributed by atoms with E-state index in [1.165, 1.54) is 0 Å². The molecule has 6 heteroatoms. The van der Waals surface area contributed by atoms with Gasteiger partial charge in [0.05, 0.1) is 13.2 Å². The van der Waals surface area contributed by atoms with Gasteiger partial charge in [-0.2, -0.15) is 0 Å². The number of nitrogens with zero attached hydrogens (tertiary/aromatic N) is 1. The van der Waals surface area contributed by atoms with E-state index in [9.17, 15) is 13.6 Å².